The maximum absolute atomic E-state index is 9.34. The summed E-state index contributed by atoms with van der Waals surface area (Å²) in [6.07, 6.45) is 2.41. The van der Waals surface area contributed by atoms with Crippen molar-refractivity contribution >= 4 is 17.3 Å². The van der Waals surface area contributed by atoms with Crippen LogP contribution in [-0.4, -0.2) is 18.2 Å². The first-order valence-corrected chi connectivity index (χ1v) is 6.23. The van der Waals surface area contributed by atoms with Crippen molar-refractivity contribution in [3.05, 3.63) is 28.8 Å². The molecule has 2 rings (SSSR count). The lowest BCUT2D eigenvalue weighted by molar-refractivity contribution is 0.281. The van der Waals surface area contributed by atoms with Crippen LogP contribution in [0.3, 0.4) is 0 Å². The Kier molecular flexibility index (Phi) is 3.72. The Morgan fingerprint density at radius 1 is 1.38 bits per heavy atom. The molecule has 1 aromatic carbocycles. The number of piperidine rings is 1. The Morgan fingerprint density at radius 3 is 2.69 bits per heavy atom. The zero-order valence-electron chi connectivity index (χ0n) is 9.62. The molecule has 1 N–H and O–H groups in total. The smallest absolute Gasteiger partial charge is 0.0702 e. The Balaban J connectivity index is 2.25. The van der Waals surface area contributed by atoms with Crippen molar-refractivity contribution in [2.45, 2.75) is 26.4 Å². The number of nitrogens with zero attached hydrogens (tertiary/aromatic N) is 1. The molecule has 0 radical (unpaired) electrons. The summed E-state index contributed by atoms with van der Waals surface area (Å²) in [5.74, 6) is 0.802. The quantitative estimate of drug-likeness (QED) is 0.858. The molecule has 0 aliphatic carbocycles. The van der Waals surface area contributed by atoms with Gasteiger partial charge in [-0.15, -0.1) is 0 Å². The van der Waals surface area contributed by atoms with E-state index in [-0.39, 0.29) is 6.61 Å². The molecule has 0 bridgehead atoms. The second-order valence-corrected chi connectivity index (χ2v) is 4.98. The lowest BCUT2D eigenvalue weighted by Crippen LogP contribution is -2.33. The van der Waals surface area contributed by atoms with Crippen LogP contribution in [0.5, 0.6) is 0 Å². The highest BCUT2D eigenvalue weighted by Gasteiger charge is 2.19. The summed E-state index contributed by atoms with van der Waals surface area (Å²) in [5.41, 5.74) is 1.96. The van der Waals surface area contributed by atoms with Gasteiger partial charge in [-0.1, -0.05) is 30.7 Å². The summed E-state index contributed by atoms with van der Waals surface area (Å²) < 4.78 is 0. The SMILES string of the molecule is CC1CCN(c2c(Cl)cccc2CO)CC1. The van der Waals surface area contributed by atoms with Gasteiger partial charge < -0.3 is 10.0 Å². The molecule has 1 aliphatic heterocycles. The van der Waals surface area contributed by atoms with Gasteiger partial charge in [0.05, 0.1) is 17.3 Å². The number of rotatable bonds is 2. The lowest BCUT2D eigenvalue weighted by atomic mass is 9.98. The lowest BCUT2D eigenvalue weighted by Gasteiger charge is -2.33. The molecule has 2 nitrogen and oxygen atoms in total. The summed E-state index contributed by atoms with van der Waals surface area (Å²) in [6.45, 7) is 4.43. The first-order valence-electron chi connectivity index (χ1n) is 5.85. The second kappa shape index (κ2) is 5.07. The molecule has 1 heterocycles. The van der Waals surface area contributed by atoms with E-state index in [1.165, 1.54) is 12.8 Å². The maximum Gasteiger partial charge on any atom is 0.0702 e. The van der Waals surface area contributed by atoms with E-state index < -0.39 is 0 Å². The molecule has 0 spiro atoms. The third kappa shape index (κ3) is 2.33. The van der Waals surface area contributed by atoms with Crippen molar-refractivity contribution < 1.29 is 5.11 Å². The van der Waals surface area contributed by atoms with Crippen LogP contribution in [0.15, 0.2) is 18.2 Å². The molecule has 0 amide bonds. The zero-order valence-corrected chi connectivity index (χ0v) is 10.4. The topological polar surface area (TPSA) is 23.5 Å². The van der Waals surface area contributed by atoms with Crippen molar-refractivity contribution in [2.75, 3.05) is 18.0 Å². The molecule has 1 aromatic rings. The minimum absolute atomic E-state index is 0.0575. The van der Waals surface area contributed by atoms with Crippen LogP contribution in [0, 0.1) is 5.92 Å². The van der Waals surface area contributed by atoms with E-state index in [1.807, 2.05) is 18.2 Å². The van der Waals surface area contributed by atoms with Crippen LogP contribution in [-0.2, 0) is 6.61 Å². The van der Waals surface area contributed by atoms with Gasteiger partial charge in [-0.25, -0.2) is 0 Å². The molecule has 1 aliphatic rings. The van der Waals surface area contributed by atoms with E-state index >= 15 is 0 Å². The van der Waals surface area contributed by atoms with E-state index in [2.05, 4.69) is 11.8 Å². The van der Waals surface area contributed by atoms with Gasteiger partial charge in [0.1, 0.15) is 0 Å². The molecule has 0 unspecified atom stereocenters. The monoisotopic (exact) mass is 239 g/mol. The third-order valence-electron chi connectivity index (χ3n) is 3.34. The van der Waals surface area contributed by atoms with Crippen molar-refractivity contribution in [1.82, 2.24) is 0 Å². The summed E-state index contributed by atoms with van der Waals surface area (Å²) >= 11 is 6.23. The number of halogens is 1. The van der Waals surface area contributed by atoms with E-state index in [0.29, 0.717) is 0 Å². The van der Waals surface area contributed by atoms with Crippen LogP contribution in [0.2, 0.25) is 5.02 Å². The molecule has 0 atom stereocenters. The Morgan fingerprint density at radius 2 is 2.06 bits per heavy atom. The predicted octanol–water partition coefficient (Wildman–Crippen LogP) is 3.07. The van der Waals surface area contributed by atoms with E-state index in [9.17, 15) is 5.11 Å². The molecule has 1 fully saturated rings. The Labute approximate surface area is 102 Å². The largest absolute Gasteiger partial charge is 0.392 e. The van der Waals surface area contributed by atoms with Crippen LogP contribution in [0.4, 0.5) is 5.69 Å². The van der Waals surface area contributed by atoms with Gasteiger partial charge in [-0.2, -0.15) is 0 Å². The molecule has 1 saturated heterocycles. The highest BCUT2D eigenvalue weighted by atomic mass is 35.5. The number of benzene rings is 1. The number of para-hydroxylation sites is 1. The number of anilines is 1. The number of hydrogen-bond donors (Lipinski definition) is 1. The number of aliphatic hydroxyl groups is 1. The summed E-state index contributed by atoms with van der Waals surface area (Å²) in [4.78, 5) is 2.30. The van der Waals surface area contributed by atoms with Crippen molar-refractivity contribution in [3.8, 4) is 0 Å². The normalized spacial score (nSPS) is 17.8. The minimum Gasteiger partial charge on any atom is -0.392 e. The Hall–Kier alpha value is -0.730. The average molecular weight is 240 g/mol. The van der Waals surface area contributed by atoms with E-state index in [4.69, 9.17) is 11.6 Å². The fourth-order valence-corrected chi connectivity index (χ4v) is 2.59. The van der Waals surface area contributed by atoms with Gasteiger partial charge in [-0.05, 0) is 24.8 Å². The first kappa shape index (κ1) is 11.7. The summed E-state index contributed by atoms with van der Waals surface area (Å²) in [6, 6.07) is 5.73. The standard InChI is InChI=1S/C13H18ClNO/c1-10-5-7-15(8-6-10)13-11(9-16)3-2-4-12(13)14/h2-4,10,16H,5-9H2,1H3. The fraction of sp³-hybridized carbons (Fsp3) is 0.538. The molecule has 0 aromatic heterocycles. The van der Waals surface area contributed by atoms with E-state index in [0.717, 1.165) is 35.3 Å². The van der Waals surface area contributed by atoms with Crippen molar-refractivity contribution in [1.29, 1.82) is 0 Å². The predicted molar refractivity (Wildman–Crippen MR) is 68.0 cm³/mol. The van der Waals surface area contributed by atoms with Gasteiger partial charge in [0.2, 0.25) is 0 Å². The number of hydrogen-bond acceptors (Lipinski definition) is 2. The zero-order chi connectivity index (χ0) is 11.5. The van der Waals surface area contributed by atoms with Crippen LogP contribution in [0.25, 0.3) is 0 Å². The van der Waals surface area contributed by atoms with Crippen LogP contribution < -0.4 is 4.90 Å². The molecule has 88 valence electrons. The molecular formula is C13H18ClNO. The highest BCUT2D eigenvalue weighted by Crippen LogP contribution is 2.32. The second-order valence-electron chi connectivity index (χ2n) is 4.58. The van der Waals surface area contributed by atoms with Gasteiger partial charge in [0.15, 0.2) is 0 Å². The first-order chi connectivity index (χ1) is 7.72. The van der Waals surface area contributed by atoms with Crippen LogP contribution in [0.1, 0.15) is 25.3 Å². The minimum atomic E-state index is 0.0575. The van der Waals surface area contributed by atoms with Gasteiger partial charge in [0.25, 0.3) is 0 Å². The van der Waals surface area contributed by atoms with Crippen molar-refractivity contribution in [2.24, 2.45) is 5.92 Å². The molecule has 16 heavy (non-hydrogen) atoms. The van der Waals surface area contributed by atoms with Gasteiger partial charge in [0, 0.05) is 18.7 Å². The average Bonchev–Trinajstić information content (AvgIpc) is 2.30. The molecular weight excluding hydrogens is 222 g/mol. The van der Waals surface area contributed by atoms with Crippen molar-refractivity contribution in [3.63, 3.8) is 0 Å². The third-order valence-corrected chi connectivity index (χ3v) is 3.65. The summed E-state index contributed by atoms with van der Waals surface area (Å²) in [5, 5.41) is 10.1. The summed E-state index contributed by atoms with van der Waals surface area (Å²) in [7, 11) is 0. The number of aliphatic hydroxyl groups excluding tert-OH is 1. The van der Waals surface area contributed by atoms with Gasteiger partial charge >= 0.3 is 0 Å². The highest BCUT2D eigenvalue weighted by molar-refractivity contribution is 6.33. The van der Waals surface area contributed by atoms with E-state index in [1.54, 1.807) is 0 Å². The molecule has 0 saturated carbocycles. The molecule has 3 heteroatoms. The van der Waals surface area contributed by atoms with Gasteiger partial charge in [-0.3, -0.25) is 0 Å². The maximum atomic E-state index is 9.34. The fourth-order valence-electron chi connectivity index (χ4n) is 2.27. The Bertz CT molecular complexity index is 359. The van der Waals surface area contributed by atoms with Crippen LogP contribution >= 0.6 is 11.6 Å².